The van der Waals surface area contributed by atoms with Gasteiger partial charge in [-0.1, -0.05) is 20.8 Å². The lowest BCUT2D eigenvalue weighted by molar-refractivity contribution is -0.127. The van der Waals surface area contributed by atoms with E-state index in [4.69, 9.17) is 0 Å². The molecule has 0 aromatic heterocycles. The van der Waals surface area contributed by atoms with Gasteiger partial charge in [-0.25, -0.2) is 12.8 Å². The van der Waals surface area contributed by atoms with Gasteiger partial charge in [0.1, 0.15) is 5.82 Å². The molecule has 0 saturated heterocycles. The summed E-state index contributed by atoms with van der Waals surface area (Å²) in [4.78, 5) is 13.4. The van der Waals surface area contributed by atoms with Crippen molar-refractivity contribution >= 4 is 21.6 Å². The van der Waals surface area contributed by atoms with Gasteiger partial charge in [-0.15, -0.1) is 0 Å². The number of hydrogen-bond donors (Lipinski definition) is 0. The Morgan fingerprint density at radius 2 is 1.65 bits per heavy atom. The van der Waals surface area contributed by atoms with Crippen molar-refractivity contribution in [3.63, 3.8) is 0 Å². The quantitative estimate of drug-likeness (QED) is 0.824. The zero-order valence-corrected chi connectivity index (χ0v) is 15.3. The maximum Gasteiger partial charge on any atom is 0.246 e. The first kappa shape index (κ1) is 19.4. The first-order valence-corrected chi connectivity index (χ1v) is 8.85. The Labute approximate surface area is 138 Å². The van der Waals surface area contributed by atoms with Gasteiger partial charge in [0.2, 0.25) is 15.9 Å². The summed E-state index contributed by atoms with van der Waals surface area (Å²) in [5.74, 6) is -0.940. The van der Waals surface area contributed by atoms with Crippen LogP contribution in [-0.2, 0) is 14.8 Å². The number of rotatable bonds is 5. The van der Waals surface area contributed by atoms with Crippen LogP contribution in [-0.4, -0.2) is 45.1 Å². The molecule has 0 N–H and O–H groups in total. The number of carbonyl (C=O) groups excluding carboxylic acids is 1. The molecule has 0 radical (unpaired) electrons. The average molecular weight is 344 g/mol. The summed E-state index contributed by atoms with van der Waals surface area (Å²) in [7, 11) is -0.896. The molecule has 0 spiro atoms. The normalized spacial score (nSPS) is 13.5. The molecule has 7 heteroatoms. The number of nitrogens with zero attached hydrogens (tertiary/aromatic N) is 2. The van der Waals surface area contributed by atoms with Crippen LogP contribution in [0.5, 0.6) is 0 Å². The van der Waals surface area contributed by atoms with Crippen LogP contribution in [0.1, 0.15) is 27.7 Å². The summed E-state index contributed by atoms with van der Waals surface area (Å²) >= 11 is 0. The monoisotopic (exact) mass is 344 g/mol. The molecule has 1 unspecified atom stereocenters. The summed E-state index contributed by atoms with van der Waals surface area (Å²) < 4.78 is 40.2. The molecule has 1 aromatic rings. The fourth-order valence-electron chi connectivity index (χ4n) is 2.05. The van der Waals surface area contributed by atoms with Crippen molar-refractivity contribution in [1.82, 2.24) is 4.90 Å². The second-order valence-electron chi connectivity index (χ2n) is 6.96. The van der Waals surface area contributed by atoms with Crippen molar-refractivity contribution < 1.29 is 17.6 Å². The number of benzene rings is 1. The van der Waals surface area contributed by atoms with Gasteiger partial charge in [-0.05, 0) is 36.6 Å². The van der Waals surface area contributed by atoms with Crippen LogP contribution in [0.25, 0.3) is 0 Å². The van der Waals surface area contributed by atoms with Crippen LogP contribution in [0.3, 0.4) is 0 Å². The van der Waals surface area contributed by atoms with Gasteiger partial charge in [0.25, 0.3) is 0 Å². The minimum absolute atomic E-state index is 0.187. The number of amides is 1. The second kappa shape index (κ2) is 6.86. The minimum Gasteiger partial charge on any atom is -0.348 e. The summed E-state index contributed by atoms with van der Waals surface area (Å²) in [6, 6.07) is 5.23. The predicted octanol–water partition coefficient (Wildman–Crippen LogP) is 2.48. The highest BCUT2D eigenvalue weighted by Gasteiger charge is 2.36. The second-order valence-corrected chi connectivity index (χ2v) is 9.14. The predicted molar refractivity (Wildman–Crippen MR) is 90.3 cm³/mol. The van der Waals surface area contributed by atoms with Crippen molar-refractivity contribution in [3.8, 4) is 0 Å². The van der Waals surface area contributed by atoms with E-state index in [0.29, 0.717) is 5.69 Å². The fourth-order valence-corrected chi connectivity index (χ4v) is 3.88. The van der Waals surface area contributed by atoms with Crippen LogP contribution in [0.15, 0.2) is 24.3 Å². The van der Waals surface area contributed by atoms with Gasteiger partial charge in [-0.3, -0.25) is 9.10 Å². The maximum absolute atomic E-state index is 13.1. The Morgan fingerprint density at radius 3 is 2.04 bits per heavy atom. The molecule has 1 rings (SSSR count). The molecule has 0 aliphatic carbocycles. The third-order valence-electron chi connectivity index (χ3n) is 3.28. The molecule has 0 fully saturated rings. The zero-order chi connectivity index (χ0) is 18.0. The molecule has 5 nitrogen and oxygen atoms in total. The standard InChI is InChI=1S/C16H25FN2O3S/c1-12(15(20)18(5)6)23(21,22)19(11-16(2,3)4)14-9-7-13(17)8-10-14/h7-10,12H,11H2,1-6H3. The summed E-state index contributed by atoms with van der Waals surface area (Å²) in [6.07, 6.45) is 0. The molecule has 0 bridgehead atoms. The molecular formula is C16H25FN2O3S. The average Bonchev–Trinajstić information content (AvgIpc) is 2.43. The van der Waals surface area contributed by atoms with Crippen molar-refractivity contribution in [2.75, 3.05) is 24.9 Å². The topological polar surface area (TPSA) is 57.7 Å². The molecule has 23 heavy (non-hydrogen) atoms. The lowest BCUT2D eigenvalue weighted by Crippen LogP contribution is -2.47. The molecule has 0 aliphatic rings. The summed E-state index contributed by atoms with van der Waals surface area (Å²) in [6.45, 7) is 7.26. The van der Waals surface area contributed by atoms with Crippen molar-refractivity contribution in [1.29, 1.82) is 0 Å². The summed E-state index contributed by atoms with van der Waals surface area (Å²) in [5, 5.41) is -1.22. The first-order valence-electron chi connectivity index (χ1n) is 7.34. The molecule has 1 amide bonds. The van der Waals surface area contributed by atoms with Crippen LogP contribution in [0.2, 0.25) is 0 Å². The smallest absolute Gasteiger partial charge is 0.246 e. The molecule has 0 saturated carbocycles. The van der Waals surface area contributed by atoms with E-state index in [0.717, 1.165) is 0 Å². The highest BCUT2D eigenvalue weighted by molar-refractivity contribution is 7.94. The molecule has 1 atom stereocenters. The van der Waals surface area contributed by atoms with E-state index in [1.807, 2.05) is 20.8 Å². The molecule has 1 aromatic carbocycles. The lowest BCUT2D eigenvalue weighted by Gasteiger charge is -2.33. The van der Waals surface area contributed by atoms with E-state index in [1.165, 1.54) is 54.5 Å². The lowest BCUT2D eigenvalue weighted by atomic mass is 9.97. The van der Waals surface area contributed by atoms with E-state index >= 15 is 0 Å². The summed E-state index contributed by atoms with van der Waals surface area (Å²) in [5.41, 5.74) is 0.0160. The van der Waals surface area contributed by atoms with Crippen LogP contribution < -0.4 is 4.31 Å². The minimum atomic E-state index is -3.92. The van der Waals surface area contributed by atoms with Crippen LogP contribution in [0, 0.1) is 11.2 Å². The van der Waals surface area contributed by atoms with Crippen molar-refractivity contribution in [2.24, 2.45) is 5.41 Å². The van der Waals surface area contributed by atoms with Gasteiger partial charge in [0, 0.05) is 20.6 Å². The number of hydrogen-bond acceptors (Lipinski definition) is 3. The largest absolute Gasteiger partial charge is 0.348 e. The van der Waals surface area contributed by atoms with E-state index < -0.39 is 27.0 Å². The number of carbonyl (C=O) groups is 1. The SMILES string of the molecule is CC(C(=O)N(C)C)S(=O)(=O)N(CC(C)(C)C)c1ccc(F)cc1. The van der Waals surface area contributed by atoms with Gasteiger partial charge in [-0.2, -0.15) is 0 Å². The van der Waals surface area contributed by atoms with E-state index in [1.54, 1.807) is 0 Å². The Bertz CT molecular complexity index is 649. The Kier molecular flexibility index (Phi) is 5.79. The van der Waals surface area contributed by atoms with Crippen LogP contribution >= 0.6 is 0 Å². The third kappa shape index (κ3) is 4.92. The highest BCUT2D eigenvalue weighted by Crippen LogP contribution is 2.27. The molecular weight excluding hydrogens is 319 g/mol. The van der Waals surface area contributed by atoms with E-state index in [2.05, 4.69) is 0 Å². The van der Waals surface area contributed by atoms with Gasteiger partial charge >= 0.3 is 0 Å². The Hall–Kier alpha value is -1.63. The van der Waals surface area contributed by atoms with Crippen LogP contribution in [0.4, 0.5) is 10.1 Å². The number of halogens is 1. The van der Waals surface area contributed by atoms with Crippen molar-refractivity contribution in [2.45, 2.75) is 32.9 Å². The van der Waals surface area contributed by atoms with E-state index in [9.17, 15) is 17.6 Å². The van der Waals surface area contributed by atoms with Crippen molar-refractivity contribution in [3.05, 3.63) is 30.1 Å². The first-order chi connectivity index (χ1) is 10.4. The van der Waals surface area contributed by atoms with Gasteiger partial charge in [0.15, 0.2) is 5.25 Å². The number of sulfonamides is 1. The van der Waals surface area contributed by atoms with Gasteiger partial charge in [0.05, 0.1) is 5.69 Å². The highest BCUT2D eigenvalue weighted by atomic mass is 32.2. The Morgan fingerprint density at radius 1 is 1.17 bits per heavy atom. The number of anilines is 1. The molecule has 0 heterocycles. The van der Waals surface area contributed by atoms with E-state index in [-0.39, 0.29) is 12.0 Å². The zero-order valence-electron chi connectivity index (χ0n) is 14.5. The maximum atomic E-state index is 13.1. The Balaban J connectivity index is 3.33. The fraction of sp³-hybridized carbons (Fsp3) is 0.562. The third-order valence-corrected chi connectivity index (χ3v) is 5.32. The molecule has 0 aliphatic heterocycles. The molecule has 130 valence electrons. The van der Waals surface area contributed by atoms with Gasteiger partial charge < -0.3 is 4.90 Å².